The number of benzene rings is 1. The van der Waals surface area contributed by atoms with E-state index >= 15 is 0 Å². The molecule has 18 heavy (non-hydrogen) atoms. The summed E-state index contributed by atoms with van der Waals surface area (Å²) in [6.07, 6.45) is -0.721. The topological polar surface area (TPSA) is 76.0 Å². The fourth-order valence-corrected chi connectivity index (χ4v) is 1.77. The van der Waals surface area contributed by atoms with Crippen LogP contribution in [-0.4, -0.2) is 30.4 Å². The van der Waals surface area contributed by atoms with Crippen LogP contribution in [0.1, 0.15) is 30.1 Å². The molecule has 2 N–H and O–H groups in total. The summed E-state index contributed by atoms with van der Waals surface area (Å²) >= 11 is 0. The molecule has 0 unspecified atom stereocenters. The van der Waals surface area contributed by atoms with Gasteiger partial charge in [0.1, 0.15) is 0 Å². The SMILES string of the molecule is COc1cc(C)c([C@@H](O)CCC(=O)O)cc1OC. The average molecular weight is 254 g/mol. The molecule has 0 amide bonds. The van der Waals surface area contributed by atoms with E-state index in [0.717, 1.165) is 5.56 Å². The minimum atomic E-state index is -0.924. The van der Waals surface area contributed by atoms with Crippen LogP contribution < -0.4 is 9.47 Å². The molecule has 5 nitrogen and oxygen atoms in total. The third kappa shape index (κ3) is 3.37. The van der Waals surface area contributed by atoms with Crippen molar-refractivity contribution in [1.29, 1.82) is 0 Å². The van der Waals surface area contributed by atoms with Gasteiger partial charge < -0.3 is 19.7 Å². The van der Waals surface area contributed by atoms with E-state index in [2.05, 4.69) is 0 Å². The highest BCUT2D eigenvalue weighted by Crippen LogP contribution is 2.34. The number of aliphatic hydroxyl groups is 1. The molecule has 0 fully saturated rings. The Morgan fingerprint density at radius 1 is 1.28 bits per heavy atom. The number of methoxy groups -OCH3 is 2. The maximum atomic E-state index is 10.5. The van der Waals surface area contributed by atoms with E-state index in [1.165, 1.54) is 14.2 Å². The fraction of sp³-hybridized carbons (Fsp3) is 0.462. The van der Waals surface area contributed by atoms with Gasteiger partial charge in [0, 0.05) is 6.42 Å². The zero-order valence-electron chi connectivity index (χ0n) is 10.8. The molecule has 0 saturated heterocycles. The Kier molecular flexibility index (Phi) is 4.97. The number of hydrogen-bond donors (Lipinski definition) is 2. The van der Waals surface area contributed by atoms with Crippen LogP contribution in [0.15, 0.2) is 12.1 Å². The van der Waals surface area contributed by atoms with Crippen molar-refractivity contribution in [3.05, 3.63) is 23.3 Å². The Bertz CT molecular complexity index is 428. The minimum absolute atomic E-state index is 0.0745. The van der Waals surface area contributed by atoms with Crippen LogP contribution in [0.25, 0.3) is 0 Å². The molecule has 0 bridgehead atoms. The van der Waals surface area contributed by atoms with Gasteiger partial charge in [-0.3, -0.25) is 4.79 Å². The predicted octanol–water partition coefficient (Wildman–Crippen LogP) is 1.91. The lowest BCUT2D eigenvalue weighted by molar-refractivity contribution is -0.137. The van der Waals surface area contributed by atoms with Gasteiger partial charge >= 0.3 is 5.97 Å². The van der Waals surface area contributed by atoms with Crippen molar-refractivity contribution in [3.8, 4) is 11.5 Å². The van der Waals surface area contributed by atoms with Gasteiger partial charge in [-0.05, 0) is 36.6 Å². The molecule has 0 radical (unpaired) electrons. The molecule has 5 heteroatoms. The Hall–Kier alpha value is -1.75. The van der Waals surface area contributed by atoms with Crippen molar-refractivity contribution >= 4 is 5.97 Å². The first-order valence-electron chi connectivity index (χ1n) is 5.62. The van der Waals surface area contributed by atoms with Gasteiger partial charge in [-0.2, -0.15) is 0 Å². The number of aliphatic carboxylic acids is 1. The molecule has 0 aliphatic carbocycles. The van der Waals surface area contributed by atoms with Crippen molar-refractivity contribution in [2.24, 2.45) is 0 Å². The largest absolute Gasteiger partial charge is 0.493 e. The normalized spacial score (nSPS) is 12.0. The number of carbonyl (C=O) groups is 1. The highest BCUT2D eigenvalue weighted by atomic mass is 16.5. The quantitative estimate of drug-likeness (QED) is 0.811. The first kappa shape index (κ1) is 14.3. The molecule has 100 valence electrons. The third-order valence-corrected chi connectivity index (χ3v) is 2.76. The second-order valence-corrected chi connectivity index (χ2v) is 4.01. The second kappa shape index (κ2) is 6.26. The van der Waals surface area contributed by atoms with Crippen LogP contribution >= 0.6 is 0 Å². The van der Waals surface area contributed by atoms with Crippen LogP contribution in [-0.2, 0) is 4.79 Å². The highest BCUT2D eigenvalue weighted by Gasteiger charge is 2.16. The predicted molar refractivity (Wildman–Crippen MR) is 66.1 cm³/mol. The van der Waals surface area contributed by atoms with Crippen molar-refractivity contribution < 1.29 is 24.5 Å². The molecule has 0 aromatic heterocycles. The summed E-state index contributed by atoms with van der Waals surface area (Å²) in [5.74, 6) is 0.184. The monoisotopic (exact) mass is 254 g/mol. The van der Waals surface area contributed by atoms with E-state index < -0.39 is 12.1 Å². The molecular weight excluding hydrogens is 236 g/mol. The van der Waals surface area contributed by atoms with Crippen molar-refractivity contribution in [2.75, 3.05) is 14.2 Å². The van der Waals surface area contributed by atoms with Gasteiger partial charge in [0.2, 0.25) is 0 Å². The van der Waals surface area contributed by atoms with Crippen LogP contribution in [0, 0.1) is 6.92 Å². The van der Waals surface area contributed by atoms with E-state index in [0.29, 0.717) is 17.1 Å². The maximum absolute atomic E-state index is 10.5. The first-order valence-corrected chi connectivity index (χ1v) is 5.62. The lowest BCUT2D eigenvalue weighted by Crippen LogP contribution is -2.05. The van der Waals surface area contributed by atoms with E-state index in [1.807, 2.05) is 6.92 Å². The van der Waals surface area contributed by atoms with E-state index in [-0.39, 0.29) is 12.8 Å². The van der Waals surface area contributed by atoms with Gasteiger partial charge in [-0.25, -0.2) is 0 Å². The van der Waals surface area contributed by atoms with Crippen molar-refractivity contribution in [3.63, 3.8) is 0 Å². The van der Waals surface area contributed by atoms with Gasteiger partial charge in [-0.15, -0.1) is 0 Å². The lowest BCUT2D eigenvalue weighted by Gasteiger charge is -2.16. The minimum Gasteiger partial charge on any atom is -0.493 e. The molecule has 0 heterocycles. The molecule has 0 spiro atoms. The number of hydrogen-bond acceptors (Lipinski definition) is 4. The van der Waals surface area contributed by atoms with Crippen molar-refractivity contribution in [2.45, 2.75) is 25.9 Å². The second-order valence-electron chi connectivity index (χ2n) is 4.01. The van der Waals surface area contributed by atoms with Gasteiger partial charge in [-0.1, -0.05) is 0 Å². The van der Waals surface area contributed by atoms with Crippen molar-refractivity contribution in [1.82, 2.24) is 0 Å². The molecule has 0 aliphatic rings. The van der Waals surface area contributed by atoms with Crippen LogP contribution in [0.4, 0.5) is 0 Å². The molecule has 1 atom stereocenters. The Balaban J connectivity index is 2.97. The summed E-state index contributed by atoms with van der Waals surface area (Å²) in [5, 5.41) is 18.6. The summed E-state index contributed by atoms with van der Waals surface area (Å²) in [4.78, 5) is 10.5. The first-order chi connectivity index (χ1) is 8.49. The number of aryl methyl sites for hydroxylation is 1. The Morgan fingerprint density at radius 2 is 1.83 bits per heavy atom. The summed E-state index contributed by atoms with van der Waals surface area (Å²) in [5.41, 5.74) is 1.50. The molecule has 1 aromatic rings. The molecule has 0 saturated carbocycles. The van der Waals surface area contributed by atoms with Gasteiger partial charge in [0.25, 0.3) is 0 Å². The number of rotatable bonds is 6. The Morgan fingerprint density at radius 3 is 2.33 bits per heavy atom. The number of carboxylic acid groups (broad SMARTS) is 1. The zero-order valence-corrected chi connectivity index (χ0v) is 10.8. The number of carboxylic acids is 1. The number of aliphatic hydroxyl groups excluding tert-OH is 1. The van der Waals surface area contributed by atoms with Crippen LogP contribution in [0.3, 0.4) is 0 Å². The maximum Gasteiger partial charge on any atom is 0.303 e. The van der Waals surface area contributed by atoms with Crippen LogP contribution in [0.5, 0.6) is 11.5 Å². The van der Waals surface area contributed by atoms with E-state index in [4.69, 9.17) is 14.6 Å². The highest BCUT2D eigenvalue weighted by molar-refractivity contribution is 5.66. The summed E-state index contributed by atoms with van der Waals surface area (Å²) < 4.78 is 10.3. The number of ether oxygens (including phenoxy) is 2. The molecule has 1 rings (SSSR count). The van der Waals surface area contributed by atoms with E-state index in [9.17, 15) is 9.90 Å². The molecule has 0 aliphatic heterocycles. The van der Waals surface area contributed by atoms with Gasteiger partial charge in [0.05, 0.1) is 20.3 Å². The lowest BCUT2D eigenvalue weighted by atomic mass is 9.99. The molecular formula is C13H18O5. The smallest absolute Gasteiger partial charge is 0.303 e. The van der Waals surface area contributed by atoms with Crippen LogP contribution in [0.2, 0.25) is 0 Å². The summed E-state index contributed by atoms with van der Waals surface area (Å²) in [7, 11) is 3.05. The zero-order chi connectivity index (χ0) is 13.7. The Labute approximate surface area is 106 Å². The molecule has 1 aromatic carbocycles. The third-order valence-electron chi connectivity index (χ3n) is 2.76. The van der Waals surface area contributed by atoms with Gasteiger partial charge in [0.15, 0.2) is 11.5 Å². The average Bonchev–Trinajstić information content (AvgIpc) is 2.35. The fourth-order valence-electron chi connectivity index (χ4n) is 1.77. The van der Waals surface area contributed by atoms with E-state index in [1.54, 1.807) is 12.1 Å². The standard InChI is InChI=1S/C13H18O5/c1-8-6-11(17-2)12(18-3)7-9(8)10(14)4-5-13(15)16/h6-7,10,14H,4-5H2,1-3H3,(H,15,16)/t10-/m0/s1. The summed E-state index contributed by atoms with van der Waals surface area (Å²) in [6, 6.07) is 3.44. The summed E-state index contributed by atoms with van der Waals surface area (Å²) in [6.45, 7) is 1.83.